The van der Waals surface area contributed by atoms with Crippen molar-refractivity contribution >= 4 is 23.5 Å². The fraction of sp³-hybridized carbons (Fsp3) is 0.611. The van der Waals surface area contributed by atoms with Crippen LogP contribution in [0, 0.1) is 5.82 Å². The van der Waals surface area contributed by atoms with Gasteiger partial charge in [-0.2, -0.15) is 4.98 Å². The summed E-state index contributed by atoms with van der Waals surface area (Å²) in [6.07, 6.45) is -2.49. The van der Waals surface area contributed by atoms with E-state index in [4.69, 9.17) is 9.47 Å². The van der Waals surface area contributed by atoms with Crippen LogP contribution in [0.1, 0.15) is 46.8 Å². The number of carbonyl (C=O) groups is 3. The van der Waals surface area contributed by atoms with Crippen molar-refractivity contribution in [2.45, 2.75) is 64.1 Å². The number of nitrogens with zero attached hydrogens (tertiary/aromatic N) is 2. The number of ketones is 2. The Bertz CT molecular complexity index is 919. The normalized spacial score (nSPS) is 28.2. The molecule has 166 valence electrons. The predicted molar refractivity (Wildman–Crippen MR) is 99.2 cm³/mol. The van der Waals surface area contributed by atoms with Gasteiger partial charge in [0.15, 0.2) is 35.0 Å². The first kappa shape index (κ1) is 23.6. The van der Waals surface area contributed by atoms with E-state index in [2.05, 4.69) is 4.98 Å². The number of Topliss-reactive ketones (excluding diaryl/α,β-unsaturated/α-hetero) is 2. The van der Waals surface area contributed by atoms with Crippen LogP contribution < -0.4 is 11.0 Å². The molecule has 0 aliphatic carbocycles. The molecule has 1 fully saturated rings. The van der Waals surface area contributed by atoms with Gasteiger partial charge in [-0.25, -0.2) is 14.0 Å². The highest BCUT2D eigenvalue weighted by molar-refractivity contribution is 5.98. The zero-order chi connectivity index (χ0) is 22.9. The Hall–Kier alpha value is -2.70. The lowest BCUT2D eigenvalue weighted by Crippen LogP contribution is -2.65. The molecule has 2 heterocycles. The highest BCUT2D eigenvalue weighted by atomic mass is 19.1. The average molecular weight is 429 g/mol. The molecule has 11 nitrogen and oxygen atoms in total. The van der Waals surface area contributed by atoms with E-state index in [1.807, 2.05) is 12.2 Å². The first-order valence-corrected chi connectivity index (χ1v) is 9.25. The summed E-state index contributed by atoms with van der Waals surface area (Å²) in [6, 6.07) is 0. The van der Waals surface area contributed by atoms with Crippen LogP contribution in [0.2, 0.25) is 0 Å². The lowest BCUT2D eigenvalue weighted by molar-refractivity contribution is -0.180. The molecule has 30 heavy (non-hydrogen) atoms. The average Bonchev–Trinajstić information content (AvgIpc) is 2.87. The first-order valence-electron chi connectivity index (χ1n) is 9.25. The Morgan fingerprint density at radius 3 is 2.43 bits per heavy atom. The second-order valence-corrected chi connectivity index (χ2v) is 7.02. The molecule has 4 atom stereocenters. The largest absolute Gasteiger partial charge is 0.449 e. The van der Waals surface area contributed by atoms with E-state index >= 15 is 0 Å². The van der Waals surface area contributed by atoms with Crippen molar-refractivity contribution in [1.29, 1.82) is 0 Å². The van der Waals surface area contributed by atoms with Crippen molar-refractivity contribution in [3.05, 3.63) is 22.5 Å². The number of halogens is 1. The standard InChI is InChI=1S/C18H24FN3O8/c1-5-6-7-29-16(26)21-13-12(19)8-22(15(25)20-13)14-18(28,10(3)24)17(27,9(2)23)11(4)30-14/h8,11,14,27-28H,5-7H2,1-4H3,(H,20,21,25,26)/t11-,14-,17-,18+/m1/s1. The van der Waals surface area contributed by atoms with Crippen LogP contribution in [0.5, 0.6) is 0 Å². The van der Waals surface area contributed by atoms with Crippen LogP contribution in [0.15, 0.2) is 11.0 Å². The quantitative estimate of drug-likeness (QED) is 0.518. The van der Waals surface area contributed by atoms with Gasteiger partial charge in [0.05, 0.1) is 18.9 Å². The number of anilines is 1. The summed E-state index contributed by atoms with van der Waals surface area (Å²) in [5.74, 6) is -4.01. The van der Waals surface area contributed by atoms with Crippen LogP contribution in [-0.4, -0.2) is 61.3 Å². The molecule has 12 heteroatoms. The minimum Gasteiger partial charge on any atom is -0.449 e. The molecule has 0 radical (unpaired) electrons. The molecular formula is C18H24FN3O8. The molecule has 0 bridgehead atoms. The van der Waals surface area contributed by atoms with Crippen LogP contribution in [0.4, 0.5) is 15.0 Å². The van der Waals surface area contributed by atoms with Gasteiger partial charge in [0, 0.05) is 0 Å². The molecule has 3 N–H and O–H groups in total. The van der Waals surface area contributed by atoms with Gasteiger partial charge in [-0.3, -0.25) is 19.5 Å². The number of ether oxygens (including phenoxy) is 2. The first-order chi connectivity index (χ1) is 13.9. The summed E-state index contributed by atoms with van der Waals surface area (Å²) in [4.78, 5) is 51.7. The summed E-state index contributed by atoms with van der Waals surface area (Å²) in [5.41, 5.74) is -6.78. The molecule has 1 aliphatic rings. The van der Waals surface area contributed by atoms with Crippen LogP contribution >= 0.6 is 0 Å². The fourth-order valence-electron chi connectivity index (χ4n) is 3.30. The van der Waals surface area contributed by atoms with Gasteiger partial charge in [-0.15, -0.1) is 0 Å². The third-order valence-electron chi connectivity index (χ3n) is 5.04. The van der Waals surface area contributed by atoms with E-state index in [0.717, 1.165) is 20.3 Å². The molecule has 0 unspecified atom stereocenters. The zero-order valence-electron chi connectivity index (χ0n) is 17.0. The molecule has 1 aromatic heterocycles. The van der Waals surface area contributed by atoms with E-state index in [1.165, 1.54) is 6.92 Å². The smallest absolute Gasteiger partial charge is 0.412 e. The summed E-state index contributed by atoms with van der Waals surface area (Å²) in [6.45, 7) is 5.01. The Morgan fingerprint density at radius 1 is 1.30 bits per heavy atom. The van der Waals surface area contributed by atoms with Gasteiger partial charge in [-0.05, 0) is 27.2 Å². The van der Waals surface area contributed by atoms with E-state index in [1.54, 1.807) is 0 Å². The van der Waals surface area contributed by atoms with Gasteiger partial charge in [0.1, 0.15) is 0 Å². The second-order valence-electron chi connectivity index (χ2n) is 7.02. The Kier molecular flexibility index (Phi) is 6.74. The molecular weight excluding hydrogens is 405 g/mol. The number of hydrogen-bond acceptors (Lipinski definition) is 9. The van der Waals surface area contributed by atoms with Crippen molar-refractivity contribution in [3.63, 3.8) is 0 Å². The molecule has 0 aromatic carbocycles. The number of hydrogen-bond donors (Lipinski definition) is 3. The van der Waals surface area contributed by atoms with Gasteiger partial charge in [-0.1, -0.05) is 13.3 Å². The SMILES string of the molecule is CCCCOC(=O)Nc1nc(=O)n([C@@H]2O[C@H](C)[C@](O)(C(C)=O)[C@]2(O)C(C)=O)cc1F. The lowest BCUT2D eigenvalue weighted by Gasteiger charge is -2.36. The minimum atomic E-state index is -2.88. The number of aliphatic hydroxyl groups is 2. The molecule has 1 aromatic rings. The number of unbranched alkanes of at least 4 members (excludes halogenated alkanes) is 1. The van der Waals surface area contributed by atoms with Gasteiger partial charge < -0.3 is 19.7 Å². The fourth-order valence-corrected chi connectivity index (χ4v) is 3.30. The summed E-state index contributed by atoms with van der Waals surface area (Å²) in [5, 5.41) is 23.7. The van der Waals surface area contributed by atoms with Crippen molar-refractivity contribution in [2.75, 3.05) is 11.9 Å². The molecule has 2 rings (SSSR count). The van der Waals surface area contributed by atoms with Crippen molar-refractivity contribution in [3.8, 4) is 0 Å². The molecule has 0 saturated carbocycles. The van der Waals surface area contributed by atoms with Crippen LogP contribution in [0.3, 0.4) is 0 Å². The number of aromatic nitrogens is 2. The number of rotatable bonds is 7. The van der Waals surface area contributed by atoms with Gasteiger partial charge in [0.25, 0.3) is 0 Å². The molecule has 1 aliphatic heterocycles. The minimum absolute atomic E-state index is 0.0874. The number of nitrogens with one attached hydrogen (secondary N) is 1. The highest BCUT2D eigenvalue weighted by Gasteiger charge is 2.70. The van der Waals surface area contributed by atoms with Crippen molar-refractivity contribution in [1.82, 2.24) is 9.55 Å². The monoisotopic (exact) mass is 429 g/mol. The summed E-state index contributed by atoms with van der Waals surface area (Å²) < 4.78 is 25.0. The third-order valence-corrected chi connectivity index (χ3v) is 5.04. The van der Waals surface area contributed by atoms with Crippen molar-refractivity contribution < 1.29 is 38.5 Å². The Morgan fingerprint density at radius 2 is 1.90 bits per heavy atom. The highest BCUT2D eigenvalue weighted by Crippen LogP contribution is 2.46. The number of amides is 1. The molecule has 1 amide bonds. The summed E-state index contributed by atoms with van der Waals surface area (Å²) in [7, 11) is 0. The van der Waals surface area contributed by atoms with Crippen molar-refractivity contribution in [2.24, 2.45) is 0 Å². The van der Waals surface area contributed by atoms with Crippen LogP contribution in [0.25, 0.3) is 0 Å². The summed E-state index contributed by atoms with van der Waals surface area (Å²) >= 11 is 0. The maximum absolute atomic E-state index is 14.5. The lowest BCUT2D eigenvalue weighted by atomic mass is 9.75. The van der Waals surface area contributed by atoms with Gasteiger partial charge in [0.2, 0.25) is 5.60 Å². The van der Waals surface area contributed by atoms with E-state index in [9.17, 15) is 33.8 Å². The topological polar surface area (TPSA) is 157 Å². The third kappa shape index (κ3) is 3.73. The Balaban J connectivity index is 2.44. The number of carbonyl (C=O) groups excluding carboxylic acids is 3. The van der Waals surface area contributed by atoms with E-state index in [0.29, 0.717) is 17.2 Å². The zero-order valence-corrected chi connectivity index (χ0v) is 17.0. The van der Waals surface area contributed by atoms with Gasteiger partial charge >= 0.3 is 11.8 Å². The second kappa shape index (κ2) is 8.58. The maximum atomic E-state index is 14.5. The molecule has 0 spiro atoms. The van der Waals surface area contributed by atoms with Crippen LogP contribution in [-0.2, 0) is 19.1 Å². The Labute approximate surface area is 170 Å². The van der Waals surface area contributed by atoms with E-state index in [-0.39, 0.29) is 6.61 Å². The van der Waals surface area contributed by atoms with E-state index < -0.39 is 58.5 Å². The molecule has 1 saturated heterocycles. The maximum Gasteiger partial charge on any atom is 0.412 e. The predicted octanol–water partition coefficient (Wildman–Crippen LogP) is 0.288.